The first-order valence-corrected chi connectivity index (χ1v) is 18.2. The maximum absolute atomic E-state index is 14.2. The summed E-state index contributed by atoms with van der Waals surface area (Å²) in [7, 11) is 0. The fraction of sp³-hybridized carbons (Fsp3) is 0.421. The summed E-state index contributed by atoms with van der Waals surface area (Å²) in [5.41, 5.74) is 3.35. The van der Waals surface area contributed by atoms with Crippen LogP contribution in [0.1, 0.15) is 52.8 Å². The molecule has 4 aromatic rings. The van der Waals surface area contributed by atoms with Gasteiger partial charge in [-0.1, -0.05) is 65.8 Å². The molecular formula is C38H43N5O7S. The third kappa shape index (κ3) is 10.3. The molecule has 2 aliphatic heterocycles. The van der Waals surface area contributed by atoms with E-state index in [1.165, 1.54) is 11.3 Å². The summed E-state index contributed by atoms with van der Waals surface area (Å²) in [4.78, 5) is 61.8. The van der Waals surface area contributed by atoms with E-state index in [1.54, 1.807) is 18.5 Å². The molecule has 0 saturated carbocycles. The third-order valence-corrected chi connectivity index (χ3v) is 9.94. The highest BCUT2D eigenvalue weighted by Gasteiger charge is 2.50. The lowest BCUT2D eigenvalue weighted by atomic mass is 9.89. The number of aryl methyl sites for hydroxylation is 1. The summed E-state index contributed by atoms with van der Waals surface area (Å²) in [6, 6.07) is 19.0. The molecule has 4 atom stereocenters. The van der Waals surface area contributed by atoms with E-state index in [1.807, 2.05) is 66.0 Å². The summed E-state index contributed by atoms with van der Waals surface area (Å²) < 4.78 is 16.3. The number of aromatic nitrogens is 2. The quantitative estimate of drug-likeness (QED) is 0.146. The van der Waals surface area contributed by atoms with Crippen LogP contribution < -0.4 is 10.6 Å². The monoisotopic (exact) mass is 713 g/mol. The molecule has 2 saturated heterocycles. The van der Waals surface area contributed by atoms with Crippen LogP contribution in [0, 0.1) is 5.92 Å². The Hall–Kier alpha value is -4.56. The molecule has 4 heterocycles. The smallest absolute Gasteiger partial charge is 0.274 e. The number of Topliss-reactive ketones (excluding diaryl/α,β-unsaturated/α-hetero) is 2. The summed E-state index contributed by atoms with van der Waals surface area (Å²) in [5, 5.41) is 11.7. The van der Waals surface area contributed by atoms with Crippen LogP contribution in [0.5, 0.6) is 0 Å². The van der Waals surface area contributed by atoms with E-state index >= 15 is 0 Å². The second kappa shape index (κ2) is 17.1. The van der Waals surface area contributed by atoms with Crippen molar-refractivity contribution in [1.29, 1.82) is 0 Å². The van der Waals surface area contributed by atoms with Gasteiger partial charge in [0, 0.05) is 37.4 Å². The van der Waals surface area contributed by atoms with Crippen molar-refractivity contribution in [3.63, 3.8) is 0 Å². The molecule has 268 valence electrons. The zero-order valence-electron chi connectivity index (χ0n) is 28.6. The van der Waals surface area contributed by atoms with Gasteiger partial charge in [-0.05, 0) is 37.3 Å². The number of nitrogens with one attached hydrogen (secondary N) is 2. The number of hydrogen-bond donors (Lipinski definition) is 2. The normalized spacial score (nSPS) is 19.1. The molecule has 13 heteroatoms. The number of epoxide rings is 1. The van der Waals surface area contributed by atoms with Crippen LogP contribution in [0.25, 0.3) is 0 Å². The van der Waals surface area contributed by atoms with Crippen molar-refractivity contribution in [2.75, 3.05) is 32.9 Å². The van der Waals surface area contributed by atoms with Gasteiger partial charge >= 0.3 is 0 Å². The number of nitrogens with zero attached hydrogens (tertiary/aromatic N) is 3. The third-order valence-electron chi connectivity index (χ3n) is 9.30. The molecule has 0 radical (unpaired) electrons. The Morgan fingerprint density at radius 1 is 0.941 bits per heavy atom. The molecule has 2 fully saturated rings. The van der Waals surface area contributed by atoms with Crippen molar-refractivity contribution in [2.45, 2.75) is 63.3 Å². The van der Waals surface area contributed by atoms with Crippen LogP contribution in [0.3, 0.4) is 0 Å². The second-order valence-electron chi connectivity index (χ2n) is 13.3. The van der Waals surface area contributed by atoms with Gasteiger partial charge in [0.25, 0.3) is 5.91 Å². The number of ether oxygens (including phenoxy) is 2. The summed E-state index contributed by atoms with van der Waals surface area (Å²) in [6.45, 7) is 5.27. The molecule has 0 spiro atoms. The minimum absolute atomic E-state index is 0.0746. The molecule has 2 aliphatic rings. The number of thiazole rings is 1. The standard InChI is InChI=1S/C38H43N5O7S/c1-38(24-49-38)35(45)32(18-27-10-6-3-7-11-27)41-36(46)28(19-29-23-51-25-39-29)20-34(44)31(13-12-26-8-4-2-5-9-26)40-37(47)33-21-30(50-42-33)22-43-14-16-48-17-15-43/h2-11,21,23,25,28,31-32H,12-20,22,24H2,1H3,(H,40,47)(H,41,46). The average molecular weight is 714 g/mol. The van der Waals surface area contributed by atoms with Crippen LogP contribution in [-0.4, -0.2) is 89.0 Å². The van der Waals surface area contributed by atoms with E-state index in [9.17, 15) is 19.2 Å². The zero-order chi connectivity index (χ0) is 35.6. The summed E-state index contributed by atoms with van der Waals surface area (Å²) in [6.07, 6.45) is 1.12. The number of amides is 2. The maximum atomic E-state index is 14.2. The van der Waals surface area contributed by atoms with Gasteiger partial charge in [-0.25, -0.2) is 4.98 Å². The molecular weight excluding hydrogens is 671 g/mol. The van der Waals surface area contributed by atoms with Crippen LogP contribution >= 0.6 is 11.3 Å². The molecule has 2 N–H and O–H groups in total. The second-order valence-corrected chi connectivity index (χ2v) is 14.0. The largest absolute Gasteiger partial charge is 0.379 e. The fourth-order valence-electron chi connectivity index (χ4n) is 6.18. The lowest BCUT2D eigenvalue weighted by molar-refractivity contribution is -0.134. The molecule has 0 bridgehead atoms. The predicted octanol–water partition coefficient (Wildman–Crippen LogP) is 3.60. The Labute approximate surface area is 300 Å². The van der Waals surface area contributed by atoms with E-state index < -0.39 is 35.4 Å². The Kier molecular flexibility index (Phi) is 12.2. The molecule has 6 rings (SSSR count). The number of benzene rings is 2. The van der Waals surface area contributed by atoms with Gasteiger partial charge in [0.05, 0.1) is 55.6 Å². The Morgan fingerprint density at radius 2 is 1.65 bits per heavy atom. The SMILES string of the molecule is CC1(C(=O)C(Cc2ccccc2)NC(=O)C(CC(=O)C(CCc2ccccc2)NC(=O)c2cc(CN3CCOCC3)on2)Cc2cscn2)CO1. The van der Waals surface area contributed by atoms with Gasteiger partial charge in [0.2, 0.25) is 5.91 Å². The van der Waals surface area contributed by atoms with Crippen molar-refractivity contribution < 1.29 is 33.2 Å². The maximum Gasteiger partial charge on any atom is 0.274 e. The number of carbonyl (C=O) groups excluding carboxylic acids is 4. The van der Waals surface area contributed by atoms with E-state index in [2.05, 4.69) is 25.7 Å². The number of hydrogen-bond acceptors (Lipinski definition) is 11. The van der Waals surface area contributed by atoms with Crippen LogP contribution in [0.2, 0.25) is 0 Å². The summed E-state index contributed by atoms with van der Waals surface area (Å²) >= 11 is 1.39. The van der Waals surface area contributed by atoms with Crippen LogP contribution in [-0.2, 0) is 49.7 Å². The topological polar surface area (TPSA) is 156 Å². The van der Waals surface area contributed by atoms with Gasteiger partial charge < -0.3 is 24.6 Å². The molecule has 2 amide bonds. The highest BCUT2D eigenvalue weighted by atomic mass is 32.1. The lowest BCUT2D eigenvalue weighted by Gasteiger charge is -2.25. The van der Waals surface area contributed by atoms with Crippen molar-refractivity contribution in [2.24, 2.45) is 5.92 Å². The zero-order valence-corrected chi connectivity index (χ0v) is 29.4. The molecule has 12 nitrogen and oxygen atoms in total. The minimum atomic E-state index is -0.955. The lowest BCUT2D eigenvalue weighted by Crippen LogP contribution is -2.50. The first kappa shape index (κ1) is 36.2. The Morgan fingerprint density at radius 3 is 2.31 bits per heavy atom. The number of ketones is 2. The van der Waals surface area contributed by atoms with Gasteiger partial charge in [-0.3, -0.25) is 24.1 Å². The van der Waals surface area contributed by atoms with E-state index in [-0.39, 0.29) is 43.1 Å². The minimum Gasteiger partial charge on any atom is -0.379 e. The van der Waals surface area contributed by atoms with Gasteiger partial charge in [-0.15, -0.1) is 11.3 Å². The van der Waals surface area contributed by atoms with Crippen LogP contribution in [0.4, 0.5) is 0 Å². The molecule has 2 aromatic heterocycles. The highest BCUT2D eigenvalue weighted by Crippen LogP contribution is 2.29. The predicted molar refractivity (Wildman–Crippen MR) is 189 cm³/mol. The fourth-order valence-corrected chi connectivity index (χ4v) is 6.75. The highest BCUT2D eigenvalue weighted by molar-refractivity contribution is 7.07. The first-order valence-electron chi connectivity index (χ1n) is 17.3. The van der Waals surface area contributed by atoms with Gasteiger partial charge in [-0.2, -0.15) is 0 Å². The van der Waals surface area contributed by atoms with Crippen molar-refractivity contribution in [3.8, 4) is 0 Å². The molecule has 2 aromatic carbocycles. The number of morpholine rings is 1. The molecule has 51 heavy (non-hydrogen) atoms. The number of rotatable bonds is 18. The average Bonchev–Trinajstić information content (AvgIpc) is 3.47. The van der Waals surface area contributed by atoms with Gasteiger partial charge in [0.15, 0.2) is 23.0 Å². The van der Waals surface area contributed by atoms with Crippen molar-refractivity contribution in [1.82, 2.24) is 25.7 Å². The Balaban J connectivity index is 1.18. The Bertz CT molecular complexity index is 1760. The van der Waals surface area contributed by atoms with Gasteiger partial charge in [0.1, 0.15) is 5.60 Å². The van der Waals surface area contributed by atoms with Crippen molar-refractivity contribution >= 4 is 34.7 Å². The van der Waals surface area contributed by atoms with E-state index in [0.29, 0.717) is 44.1 Å². The first-order chi connectivity index (χ1) is 24.8. The number of carbonyl (C=O) groups is 4. The van der Waals surface area contributed by atoms with Crippen molar-refractivity contribution in [3.05, 3.63) is 106 Å². The summed E-state index contributed by atoms with van der Waals surface area (Å²) in [5.74, 6) is -1.80. The molecule has 0 aliphatic carbocycles. The van der Waals surface area contributed by atoms with E-state index in [0.717, 1.165) is 24.2 Å². The molecule has 4 unspecified atom stereocenters. The van der Waals surface area contributed by atoms with E-state index in [4.69, 9.17) is 14.0 Å². The van der Waals surface area contributed by atoms with Crippen LogP contribution in [0.15, 0.2) is 82.1 Å².